The number of carbonyl (C=O) groups is 2. The van der Waals surface area contributed by atoms with Crippen LogP contribution in [-0.4, -0.2) is 35.9 Å². The number of hydrogen-bond acceptors (Lipinski definition) is 3. The second-order valence-electron chi connectivity index (χ2n) is 7.01. The van der Waals surface area contributed by atoms with Gasteiger partial charge in [-0.1, -0.05) is 13.8 Å². The van der Waals surface area contributed by atoms with E-state index in [0.717, 1.165) is 31.7 Å². The van der Waals surface area contributed by atoms with E-state index in [4.69, 9.17) is 4.74 Å². The number of nitrogens with one attached hydrogen (secondary N) is 1. The van der Waals surface area contributed by atoms with Crippen molar-refractivity contribution in [3.05, 3.63) is 59.7 Å². The molecule has 0 aliphatic rings. The molecule has 0 fully saturated rings. The minimum absolute atomic E-state index is 0.0106. The van der Waals surface area contributed by atoms with Gasteiger partial charge >= 0.3 is 0 Å². The SMILES string of the molecule is CCCN(CCC)C(=O)c1ccc(C(=O)Nc2ccc(OC(C)C)cc2)cc1. The summed E-state index contributed by atoms with van der Waals surface area (Å²) < 4.78 is 5.60. The minimum Gasteiger partial charge on any atom is -0.491 e. The Bertz CT molecular complexity index is 761. The number of benzene rings is 2. The van der Waals surface area contributed by atoms with Crippen molar-refractivity contribution < 1.29 is 14.3 Å². The van der Waals surface area contributed by atoms with Crippen molar-refractivity contribution >= 4 is 17.5 Å². The van der Waals surface area contributed by atoms with Crippen LogP contribution in [-0.2, 0) is 0 Å². The molecule has 0 bridgehead atoms. The predicted octanol–water partition coefficient (Wildman–Crippen LogP) is 4.99. The smallest absolute Gasteiger partial charge is 0.255 e. The Labute approximate surface area is 167 Å². The molecule has 2 aromatic rings. The van der Waals surface area contributed by atoms with Crippen molar-refractivity contribution in [2.45, 2.75) is 46.6 Å². The summed E-state index contributed by atoms with van der Waals surface area (Å²) in [5.41, 5.74) is 1.81. The lowest BCUT2D eigenvalue weighted by atomic mass is 10.1. The largest absolute Gasteiger partial charge is 0.491 e. The van der Waals surface area contributed by atoms with E-state index in [-0.39, 0.29) is 17.9 Å². The molecule has 0 saturated heterocycles. The zero-order chi connectivity index (χ0) is 20.5. The van der Waals surface area contributed by atoms with Crippen LogP contribution < -0.4 is 10.1 Å². The Kier molecular flexibility index (Phi) is 8.05. The van der Waals surface area contributed by atoms with Gasteiger partial charge in [-0.15, -0.1) is 0 Å². The lowest BCUT2D eigenvalue weighted by Gasteiger charge is -2.21. The fourth-order valence-corrected chi connectivity index (χ4v) is 2.89. The number of ether oxygens (including phenoxy) is 1. The fourth-order valence-electron chi connectivity index (χ4n) is 2.89. The van der Waals surface area contributed by atoms with Gasteiger partial charge in [0, 0.05) is 29.9 Å². The van der Waals surface area contributed by atoms with Crippen LogP contribution >= 0.6 is 0 Å². The maximum atomic E-state index is 12.6. The average Bonchev–Trinajstić information content (AvgIpc) is 2.68. The number of carbonyl (C=O) groups excluding carboxylic acids is 2. The first-order valence-corrected chi connectivity index (χ1v) is 9.92. The van der Waals surface area contributed by atoms with Gasteiger partial charge in [0.05, 0.1) is 6.10 Å². The highest BCUT2D eigenvalue weighted by molar-refractivity contribution is 6.05. The van der Waals surface area contributed by atoms with Gasteiger partial charge in [0.2, 0.25) is 0 Å². The third kappa shape index (κ3) is 6.12. The standard InChI is InChI=1S/C23H30N2O3/c1-5-15-25(16-6-2)23(27)19-9-7-18(8-10-19)22(26)24-20-11-13-21(14-12-20)28-17(3)4/h7-14,17H,5-6,15-16H2,1-4H3,(H,24,26). The number of anilines is 1. The summed E-state index contributed by atoms with van der Waals surface area (Å²) in [6.07, 6.45) is 1.95. The van der Waals surface area contributed by atoms with E-state index in [1.807, 2.05) is 30.9 Å². The van der Waals surface area contributed by atoms with E-state index in [9.17, 15) is 9.59 Å². The molecule has 2 rings (SSSR count). The Hall–Kier alpha value is -2.82. The van der Waals surface area contributed by atoms with Crippen molar-refractivity contribution in [2.24, 2.45) is 0 Å². The van der Waals surface area contributed by atoms with Gasteiger partial charge in [0.25, 0.3) is 11.8 Å². The van der Waals surface area contributed by atoms with Crippen LogP contribution in [0.25, 0.3) is 0 Å². The molecule has 0 heterocycles. The van der Waals surface area contributed by atoms with E-state index in [1.54, 1.807) is 36.4 Å². The first kappa shape index (κ1) is 21.5. The molecule has 0 saturated carbocycles. The van der Waals surface area contributed by atoms with E-state index in [2.05, 4.69) is 19.2 Å². The molecule has 0 aromatic heterocycles. The molecule has 0 spiro atoms. The van der Waals surface area contributed by atoms with E-state index in [0.29, 0.717) is 16.8 Å². The first-order chi connectivity index (χ1) is 13.4. The third-order valence-electron chi connectivity index (χ3n) is 4.15. The summed E-state index contributed by atoms with van der Waals surface area (Å²) >= 11 is 0. The number of hydrogen-bond donors (Lipinski definition) is 1. The summed E-state index contributed by atoms with van der Waals surface area (Å²) in [7, 11) is 0. The quantitative estimate of drug-likeness (QED) is 0.665. The highest BCUT2D eigenvalue weighted by atomic mass is 16.5. The topological polar surface area (TPSA) is 58.6 Å². The number of amides is 2. The summed E-state index contributed by atoms with van der Waals surface area (Å²) in [6.45, 7) is 9.54. The van der Waals surface area contributed by atoms with E-state index in [1.165, 1.54) is 0 Å². The Morgan fingerprint density at radius 2 is 1.43 bits per heavy atom. The van der Waals surface area contributed by atoms with Gasteiger partial charge in [-0.25, -0.2) is 0 Å². The lowest BCUT2D eigenvalue weighted by Crippen LogP contribution is -2.32. The fraction of sp³-hybridized carbons (Fsp3) is 0.391. The molecular weight excluding hydrogens is 352 g/mol. The molecule has 0 aliphatic carbocycles. The minimum atomic E-state index is -0.213. The van der Waals surface area contributed by atoms with Crippen LogP contribution in [0, 0.1) is 0 Å². The van der Waals surface area contributed by atoms with Gasteiger partial charge in [-0.3, -0.25) is 9.59 Å². The Morgan fingerprint density at radius 1 is 0.893 bits per heavy atom. The van der Waals surface area contributed by atoms with Crippen molar-refractivity contribution in [2.75, 3.05) is 18.4 Å². The molecule has 2 amide bonds. The molecule has 5 nitrogen and oxygen atoms in total. The van der Waals surface area contributed by atoms with Crippen molar-refractivity contribution in [3.63, 3.8) is 0 Å². The summed E-state index contributed by atoms with van der Waals surface area (Å²) in [5, 5.41) is 2.86. The monoisotopic (exact) mass is 382 g/mol. The Balaban J connectivity index is 2.02. The molecule has 0 atom stereocenters. The molecule has 5 heteroatoms. The van der Waals surface area contributed by atoms with Crippen LogP contribution in [0.4, 0.5) is 5.69 Å². The van der Waals surface area contributed by atoms with Crippen LogP contribution in [0.5, 0.6) is 5.75 Å². The van der Waals surface area contributed by atoms with Crippen LogP contribution in [0.15, 0.2) is 48.5 Å². The Morgan fingerprint density at radius 3 is 1.93 bits per heavy atom. The van der Waals surface area contributed by atoms with E-state index >= 15 is 0 Å². The maximum Gasteiger partial charge on any atom is 0.255 e. The number of nitrogens with zero attached hydrogens (tertiary/aromatic N) is 1. The van der Waals surface area contributed by atoms with Crippen LogP contribution in [0.3, 0.4) is 0 Å². The molecule has 0 unspecified atom stereocenters. The summed E-state index contributed by atoms with van der Waals surface area (Å²) in [5.74, 6) is 0.562. The molecule has 1 N–H and O–H groups in total. The zero-order valence-electron chi connectivity index (χ0n) is 17.2. The molecule has 28 heavy (non-hydrogen) atoms. The lowest BCUT2D eigenvalue weighted by molar-refractivity contribution is 0.0755. The second-order valence-corrected chi connectivity index (χ2v) is 7.01. The second kappa shape index (κ2) is 10.5. The molecule has 2 aromatic carbocycles. The molecule has 0 aliphatic heterocycles. The van der Waals surface area contributed by atoms with Gasteiger partial charge in [0.1, 0.15) is 5.75 Å². The molecule has 0 radical (unpaired) electrons. The predicted molar refractivity (Wildman–Crippen MR) is 113 cm³/mol. The van der Waals surface area contributed by atoms with Crippen LogP contribution in [0.2, 0.25) is 0 Å². The molecular formula is C23H30N2O3. The normalized spacial score (nSPS) is 10.6. The molecule has 150 valence electrons. The van der Waals surface area contributed by atoms with Crippen LogP contribution in [0.1, 0.15) is 61.3 Å². The maximum absolute atomic E-state index is 12.6. The highest BCUT2D eigenvalue weighted by Crippen LogP contribution is 2.18. The average molecular weight is 383 g/mol. The van der Waals surface area contributed by atoms with Gasteiger partial charge in [-0.05, 0) is 75.2 Å². The summed E-state index contributed by atoms with van der Waals surface area (Å²) in [6, 6.07) is 14.1. The highest BCUT2D eigenvalue weighted by Gasteiger charge is 2.15. The van der Waals surface area contributed by atoms with Gasteiger partial charge in [0.15, 0.2) is 0 Å². The summed E-state index contributed by atoms with van der Waals surface area (Å²) in [4.78, 5) is 26.9. The van der Waals surface area contributed by atoms with E-state index < -0.39 is 0 Å². The van der Waals surface area contributed by atoms with Crippen molar-refractivity contribution in [1.82, 2.24) is 4.90 Å². The zero-order valence-corrected chi connectivity index (χ0v) is 17.2. The van der Waals surface area contributed by atoms with Gasteiger partial charge < -0.3 is 15.0 Å². The van der Waals surface area contributed by atoms with Crippen molar-refractivity contribution in [1.29, 1.82) is 0 Å². The van der Waals surface area contributed by atoms with Gasteiger partial charge in [-0.2, -0.15) is 0 Å². The third-order valence-corrected chi connectivity index (χ3v) is 4.15. The van der Waals surface area contributed by atoms with Crippen molar-refractivity contribution in [3.8, 4) is 5.75 Å². The number of rotatable bonds is 9. The first-order valence-electron chi connectivity index (χ1n) is 9.92.